The Labute approximate surface area is 156 Å². The molecule has 0 aliphatic carbocycles. The number of hydrogen-bond donors (Lipinski definition) is 2. The molecule has 1 saturated heterocycles. The number of hydrogen-bond acceptors (Lipinski definition) is 6. The van der Waals surface area contributed by atoms with Crippen LogP contribution in [-0.2, 0) is 0 Å². The van der Waals surface area contributed by atoms with E-state index in [-0.39, 0.29) is 35.7 Å². The van der Waals surface area contributed by atoms with Crippen LogP contribution in [0.3, 0.4) is 0 Å². The lowest BCUT2D eigenvalue weighted by atomic mass is 9.95. The third kappa shape index (κ3) is 4.00. The molecular formula is C16H21ClN6O3. The van der Waals surface area contributed by atoms with Crippen LogP contribution in [0.1, 0.15) is 29.5 Å². The predicted molar refractivity (Wildman–Crippen MR) is 97.9 cm³/mol. The molecule has 1 fully saturated rings. The number of carbonyl (C=O) groups excluding carboxylic acids is 1. The van der Waals surface area contributed by atoms with Crippen molar-refractivity contribution in [3.8, 4) is 5.69 Å². The standard InChI is InChI=1S/C16H20N6O3.ClH/c1-10-9-17-7-6-14(10)18-16(23)15-11(2)21(20-19-15)12-4-3-5-13(8-12)22(24)25;/h3-5,8,10,14,17H,6-7,9H2,1-2H3,(H,18,23);1H. The molecule has 1 aliphatic rings. The molecule has 2 aromatic rings. The fourth-order valence-corrected chi connectivity index (χ4v) is 2.99. The van der Waals surface area contributed by atoms with Gasteiger partial charge in [-0.15, -0.1) is 17.5 Å². The van der Waals surface area contributed by atoms with E-state index >= 15 is 0 Å². The molecule has 2 atom stereocenters. The number of nitrogens with zero attached hydrogens (tertiary/aromatic N) is 4. The number of non-ortho nitro benzene ring substituents is 1. The zero-order valence-electron chi connectivity index (χ0n) is 14.5. The van der Waals surface area contributed by atoms with Crippen molar-refractivity contribution in [2.24, 2.45) is 5.92 Å². The minimum atomic E-state index is -0.470. The van der Waals surface area contributed by atoms with Gasteiger partial charge in [0.2, 0.25) is 0 Å². The second-order valence-electron chi connectivity index (χ2n) is 6.26. The summed E-state index contributed by atoms with van der Waals surface area (Å²) in [6, 6.07) is 6.16. The van der Waals surface area contributed by atoms with Crippen LogP contribution in [-0.4, -0.2) is 45.0 Å². The Morgan fingerprint density at radius 2 is 2.23 bits per heavy atom. The predicted octanol–water partition coefficient (Wildman–Crippen LogP) is 1.63. The summed E-state index contributed by atoms with van der Waals surface area (Å²) in [5.41, 5.74) is 1.23. The summed E-state index contributed by atoms with van der Waals surface area (Å²) in [7, 11) is 0. The first-order valence-corrected chi connectivity index (χ1v) is 8.16. The highest BCUT2D eigenvalue weighted by atomic mass is 35.5. The number of rotatable bonds is 4. The number of nitrogens with one attached hydrogen (secondary N) is 2. The maximum Gasteiger partial charge on any atom is 0.273 e. The van der Waals surface area contributed by atoms with Crippen molar-refractivity contribution in [3.63, 3.8) is 0 Å². The highest BCUT2D eigenvalue weighted by molar-refractivity contribution is 5.93. The number of nitro benzene ring substituents is 1. The highest BCUT2D eigenvalue weighted by Gasteiger charge is 2.25. The van der Waals surface area contributed by atoms with Gasteiger partial charge in [-0.05, 0) is 38.4 Å². The van der Waals surface area contributed by atoms with Gasteiger partial charge in [0.15, 0.2) is 5.69 Å². The molecule has 0 radical (unpaired) electrons. The molecule has 2 N–H and O–H groups in total. The SMILES string of the molecule is Cc1c(C(=O)NC2CCNCC2C)nnn1-c1cccc([N+](=O)[O-])c1.Cl. The number of benzene rings is 1. The van der Waals surface area contributed by atoms with Gasteiger partial charge >= 0.3 is 0 Å². The van der Waals surface area contributed by atoms with Crippen molar-refractivity contribution in [3.05, 3.63) is 45.8 Å². The molecule has 26 heavy (non-hydrogen) atoms. The number of piperidine rings is 1. The maximum atomic E-state index is 12.5. The average molecular weight is 381 g/mol. The lowest BCUT2D eigenvalue weighted by Gasteiger charge is -2.29. The summed E-state index contributed by atoms with van der Waals surface area (Å²) in [6.07, 6.45) is 0.866. The Bertz CT molecular complexity index is 809. The van der Waals surface area contributed by atoms with Gasteiger partial charge < -0.3 is 10.6 Å². The first-order valence-electron chi connectivity index (χ1n) is 8.16. The summed E-state index contributed by atoms with van der Waals surface area (Å²) < 4.78 is 1.44. The third-order valence-corrected chi connectivity index (χ3v) is 4.50. The van der Waals surface area contributed by atoms with Crippen molar-refractivity contribution in [1.29, 1.82) is 0 Å². The largest absolute Gasteiger partial charge is 0.347 e. The smallest absolute Gasteiger partial charge is 0.273 e. The lowest BCUT2D eigenvalue weighted by molar-refractivity contribution is -0.384. The summed E-state index contributed by atoms with van der Waals surface area (Å²) in [6.45, 7) is 5.54. The molecule has 2 heterocycles. The Morgan fingerprint density at radius 3 is 2.92 bits per heavy atom. The Morgan fingerprint density at radius 1 is 1.46 bits per heavy atom. The molecule has 1 aliphatic heterocycles. The van der Waals surface area contributed by atoms with Crippen molar-refractivity contribution in [2.75, 3.05) is 13.1 Å². The molecule has 10 heteroatoms. The maximum absolute atomic E-state index is 12.5. The third-order valence-electron chi connectivity index (χ3n) is 4.50. The van der Waals surface area contributed by atoms with Gasteiger partial charge in [-0.25, -0.2) is 4.68 Å². The minimum Gasteiger partial charge on any atom is -0.347 e. The first-order chi connectivity index (χ1) is 12.0. The molecular weight excluding hydrogens is 360 g/mol. The average Bonchev–Trinajstić information content (AvgIpc) is 2.98. The molecule has 0 saturated carbocycles. The van der Waals surface area contributed by atoms with Crippen LogP contribution in [0, 0.1) is 23.0 Å². The fourth-order valence-electron chi connectivity index (χ4n) is 2.99. The molecule has 3 rings (SSSR count). The van der Waals surface area contributed by atoms with Gasteiger partial charge in [-0.2, -0.15) is 0 Å². The number of aromatic nitrogens is 3. The molecule has 0 bridgehead atoms. The van der Waals surface area contributed by atoms with E-state index in [1.165, 1.54) is 16.8 Å². The monoisotopic (exact) mass is 380 g/mol. The van der Waals surface area contributed by atoms with E-state index < -0.39 is 4.92 Å². The van der Waals surface area contributed by atoms with Gasteiger partial charge in [-0.1, -0.05) is 18.2 Å². The van der Waals surface area contributed by atoms with E-state index in [1.807, 2.05) is 0 Å². The highest BCUT2D eigenvalue weighted by Crippen LogP contribution is 2.19. The van der Waals surface area contributed by atoms with E-state index in [0.717, 1.165) is 19.5 Å². The summed E-state index contributed by atoms with van der Waals surface area (Å²) in [5.74, 6) is 0.0674. The molecule has 9 nitrogen and oxygen atoms in total. The van der Waals surface area contributed by atoms with Crippen LogP contribution in [0.15, 0.2) is 24.3 Å². The summed E-state index contributed by atoms with van der Waals surface area (Å²) >= 11 is 0. The van der Waals surface area contributed by atoms with Crippen molar-refractivity contribution >= 4 is 24.0 Å². The van der Waals surface area contributed by atoms with Crippen LogP contribution in [0.5, 0.6) is 0 Å². The second-order valence-corrected chi connectivity index (χ2v) is 6.26. The molecule has 1 aromatic heterocycles. The van der Waals surface area contributed by atoms with Gasteiger partial charge in [-0.3, -0.25) is 14.9 Å². The number of amides is 1. The van der Waals surface area contributed by atoms with Crippen LogP contribution in [0.4, 0.5) is 5.69 Å². The number of carbonyl (C=O) groups is 1. The van der Waals surface area contributed by atoms with Crippen LogP contribution < -0.4 is 10.6 Å². The van der Waals surface area contributed by atoms with E-state index in [4.69, 9.17) is 0 Å². The number of nitro groups is 1. The van der Waals surface area contributed by atoms with Crippen LogP contribution in [0.25, 0.3) is 5.69 Å². The molecule has 140 valence electrons. The van der Waals surface area contributed by atoms with Gasteiger partial charge in [0.25, 0.3) is 11.6 Å². The van der Waals surface area contributed by atoms with E-state index in [0.29, 0.717) is 17.3 Å². The Balaban J connectivity index is 0.00000243. The second kappa shape index (κ2) is 8.24. The quantitative estimate of drug-likeness (QED) is 0.615. The Hall–Kier alpha value is -2.52. The first kappa shape index (κ1) is 19.8. The van der Waals surface area contributed by atoms with Gasteiger partial charge in [0.1, 0.15) is 0 Å². The van der Waals surface area contributed by atoms with Crippen molar-refractivity contribution < 1.29 is 9.72 Å². The summed E-state index contributed by atoms with van der Waals surface area (Å²) in [5, 5.41) is 25.2. The van der Waals surface area contributed by atoms with E-state index in [9.17, 15) is 14.9 Å². The molecule has 0 spiro atoms. The van der Waals surface area contributed by atoms with Gasteiger partial charge in [0, 0.05) is 18.2 Å². The number of halogens is 1. The topological polar surface area (TPSA) is 115 Å². The van der Waals surface area contributed by atoms with E-state index in [2.05, 4.69) is 27.9 Å². The molecule has 2 unspecified atom stereocenters. The summed E-state index contributed by atoms with van der Waals surface area (Å²) in [4.78, 5) is 23.0. The van der Waals surface area contributed by atoms with Crippen molar-refractivity contribution in [1.82, 2.24) is 25.6 Å². The lowest BCUT2D eigenvalue weighted by Crippen LogP contribution is -2.48. The Kier molecular flexibility index (Phi) is 6.27. The molecule has 1 aromatic carbocycles. The van der Waals surface area contributed by atoms with Gasteiger partial charge in [0.05, 0.1) is 16.3 Å². The zero-order chi connectivity index (χ0) is 18.0. The van der Waals surface area contributed by atoms with Crippen molar-refractivity contribution in [2.45, 2.75) is 26.3 Å². The molecule has 1 amide bonds. The van der Waals surface area contributed by atoms with E-state index in [1.54, 1.807) is 19.1 Å². The minimum absolute atomic E-state index is 0. The van der Waals surface area contributed by atoms with Crippen LogP contribution >= 0.6 is 12.4 Å². The zero-order valence-corrected chi connectivity index (χ0v) is 15.3. The fraction of sp³-hybridized carbons (Fsp3) is 0.438. The van der Waals surface area contributed by atoms with Crippen LogP contribution in [0.2, 0.25) is 0 Å². The normalized spacial score (nSPS) is 19.5.